The lowest BCUT2D eigenvalue weighted by molar-refractivity contribution is -0.705. The molecule has 0 aliphatic rings. The minimum absolute atomic E-state index is 0.236. The number of aromatic nitrogens is 2. The molecule has 1 aromatic heterocycles. The van der Waals surface area contributed by atoms with E-state index in [2.05, 4.69) is 10.6 Å². The molecule has 1 atom stereocenters. The normalized spacial score (nSPS) is 11.8. The van der Waals surface area contributed by atoms with Crippen molar-refractivity contribution >= 4 is 23.4 Å². The zero-order chi connectivity index (χ0) is 18.5. The molecule has 3 aromatic rings. The largest absolute Gasteiger partial charge is 0.538 e. The Balaban J connectivity index is 1.72. The van der Waals surface area contributed by atoms with Gasteiger partial charge in [0, 0.05) is 17.8 Å². The first-order chi connectivity index (χ1) is 12.6. The Kier molecular flexibility index (Phi) is 5.43. The molecule has 1 heterocycles. The number of benzene rings is 2. The molecule has 0 radical (unpaired) electrons. The number of carbonyl (C=O) groups is 1. The second-order valence-electron chi connectivity index (χ2n) is 5.39. The highest BCUT2D eigenvalue weighted by molar-refractivity contribution is 8.00. The Morgan fingerprint density at radius 3 is 2.58 bits per heavy atom. The van der Waals surface area contributed by atoms with E-state index in [1.165, 1.54) is 4.68 Å². The maximum atomic E-state index is 12.4. The van der Waals surface area contributed by atoms with Gasteiger partial charge in [0.25, 0.3) is 5.03 Å². The fraction of sp³-hybridized carbons (Fsp3) is 0.167. The summed E-state index contributed by atoms with van der Waals surface area (Å²) >= 11 is 1.09. The first kappa shape index (κ1) is 17.8. The molecule has 3 rings (SSSR count). The zero-order valence-electron chi connectivity index (χ0n) is 14.2. The van der Waals surface area contributed by atoms with Crippen LogP contribution >= 0.6 is 11.8 Å². The summed E-state index contributed by atoms with van der Waals surface area (Å²) in [4.78, 5) is 12.4. The van der Waals surface area contributed by atoms with E-state index in [1.807, 2.05) is 18.2 Å². The molecule has 0 fully saturated rings. The third kappa shape index (κ3) is 3.97. The van der Waals surface area contributed by atoms with Crippen molar-refractivity contribution in [2.75, 3.05) is 12.4 Å². The number of ether oxygens (including phenoxy) is 1. The van der Waals surface area contributed by atoms with Crippen LogP contribution in [0.25, 0.3) is 5.69 Å². The summed E-state index contributed by atoms with van der Waals surface area (Å²) in [6.07, 6.45) is 0. The fourth-order valence-corrected chi connectivity index (χ4v) is 3.08. The number of nitrogens with one attached hydrogen (secondary N) is 1. The van der Waals surface area contributed by atoms with Gasteiger partial charge in [0.05, 0.1) is 17.6 Å². The number of thioether (sulfide) groups is 1. The van der Waals surface area contributed by atoms with E-state index in [-0.39, 0.29) is 10.9 Å². The molecule has 1 amide bonds. The average Bonchev–Trinajstić information content (AvgIpc) is 3.03. The second-order valence-corrected chi connectivity index (χ2v) is 6.72. The average molecular weight is 371 g/mol. The molecule has 26 heavy (non-hydrogen) atoms. The predicted octanol–water partition coefficient (Wildman–Crippen LogP) is 2.15. The van der Waals surface area contributed by atoms with E-state index in [9.17, 15) is 9.90 Å². The first-order valence-corrected chi connectivity index (χ1v) is 8.72. The van der Waals surface area contributed by atoms with Crippen molar-refractivity contribution < 1.29 is 23.8 Å². The van der Waals surface area contributed by atoms with E-state index in [0.29, 0.717) is 17.1 Å². The SMILES string of the molecule is COc1ccc(NC(=O)C(C)Sc2c([O-])on[n+]2-c2ccccc2)cc1. The maximum Gasteiger partial charge on any atom is 0.298 e. The Labute approximate surface area is 154 Å². The lowest BCUT2D eigenvalue weighted by atomic mass is 10.3. The van der Waals surface area contributed by atoms with Crippen LogP contribution in [0.4, 0.5) is 5.69 Å². The summed E-state index contributed by atoms with van der Waals surface area (Å²) in [6.45, 7) is 1.71. The summed E-state index contributed by atoms with van der Waals surface area (Å²) in [5.41, 5.74) is 1.33. The molecule has 0 aliphatic carbocycles. The summed E-state index contributed by atoms with van der Waals surface area (Å²) in [6, 6.07) is 16.1. The smallest absolute Gasteiger partial charge is 0.298 e. The third-order valence-electron chi connectivity index (χ3n) is 3.59. The molecule has 2 aromatic carbocycles. The van der Waals surface area contributed by atoms with Gasteiger partial charge in [0.2, 0.25) is 11.6 Å². The highest BCUT2D eigenvalue weighted by Crippen LogP contribution is 2.28. The van der Waals surface area contributed by atoms with Gasteiger partial charge in [-0.15, -0.1) is 0 Å². The van der Waals surface area contributed by atoms with Gasteiger partial charge in [-0.1, -0.05) is 18.2 Å². The van der Waals surface area contributed by atoms with Crippen LogP contribution in [0, 0.1) is 0 Å². The lowest BCUT2D eigenvalue weighted by Crippen LogP contribution is -2.36. The molecule has 0 bridgehead atoms. The minimum atomic E-state index is -0.581. The predicted molar refractivity (Wildman–Crippen MR) is 94.4 cm³/mol. The number of rotatable bonds is 6. The van der Waals surface area contributed by atoms with Crippen LogP contribution in [0.2, 0.25) is 0 Å². The van der Waals surface area contributed by atoms with Gasteiger partial charge in [0.1, 0.15) is 5.75 Å². The molecule has 134 valence electrons. The number of hydrogen-bond acceptors (Lipinski definition) is 6. The van der Waals surface area contributed by atoms with E-state index < -0.39 is 11.2 Å². The van der Waals surface area contributed by atoms with Crippen LogP contribution in [0.1, 0.15) is 6.92 Å². The Hall–Kier alpha value is -3.00. The Morgan fingerprint density at radius 1 is 1.23 bits per heavy atom. The molecule has 0 saturated carbocycles. The van der Waals surface area contributed by atoms with E-state index >= 15 is 0 Å². The summed E-state index contributed by atoms with van der Waals surface area (Å²) in [5, 5.41) is 18.3. The second kappa shape index (κ2) is 7.92. The number of hydrogen-bond donors (Lipinski definition) is 1. The molecule has 0 spiro atoms. The highest BCUT2D eigenvalue weighted by Gasteiger charge is 2.26. The first-order valence-electron chi connectivity index (χ1n) is 7.84. The number of methoxy groups -OCH3 is 1. The van der Waals surface area contributed by atoms with Crippen molar-refractivity contribution in [2.45, 2.75) is 17.2 Å². The summed E-state index contributed by atoms with van der Waals surface area (Å²) in [7, 11) is 1.58. The number of anilines is 1. The summed E-state index contributed by atoms with van der Waals surface area (Å²) in [5.74, 6) is -0.113. The van der Waals surface area contributed by atoms with Gasteiger partial charge in [-0.2, -0.15) is 0 Å². The van der Waals surface area contributed by atoms with Crippen molar-refractivity contribution in [2.24, 2.45) is 0 Å². The molecule has 0 saturated heterocycles. The van der Waals surface area contributed by atoms with E-state index in [1.54, 1.807) is 50.4 Å². The van der Waals surface area contributed by atoms with Crippen molar-refractivity contribution in [1.29, 1.82) is 0 Å². The number of para-hydroxylation sites is 1. The van der Waals surface area contributed by atoms with Crippen molar-refractivity contribution in [3.05, 3.63) is 54.6 Å². The van der Waals surface area contributed by atoms with Crippen LogP contribution in [-0.4, -0.2) is 23.5 Å². The zero-order valence-corrected chi connectivity index (χ0v) is 15.0. The van der Waals surface area contributed by atoms with Gasteiger partial charge < -0.3 is 19.7 Å². The lowest BCUT2D eigenvalue weighted by Gasteiger charge is -2.10. The molecular weight excluding hydrogens is 354 g/mol. The van der Waals surface area contributed by atoms with E-state index in [0.717, 1.165) is 11.8 Å². The van der Waals surface area contributed by atoms with Gasteiger partial charge in [-0.3, -0.25) is 4.79 Å². The number of nitrogens with zero attached hydrogens (tertiary/aromatic N) is 2. The maximum absolute atomic E-state index is 12.4. The fourth-order valence-electron chi connectivity index (χ4n) is 2.21. The molecule has 0 aliphatic heterocycles. The van der Waals surface area contributed by atoms with E-state index in [4.69, 9.17) is 9.26 Å². The van der Waals surface area contributed by atoms with Gasteiger partial charge in [-0.25, -0.2) is 0 Å². The molecule has 8 heteroatoms. The summed E-state index contributed by atoms with van der Waals surface area (Å²) < 4.78 is 11.2. The minimum Gasteiger partial charge on any atom is -0.538 e. The third-order valence-corrected chi connectivity index (χ3v) is 4.72. The standard InChI is InChI=1S/C18H17N3O4S/c1-12(16(22)19-13-8-10-15(24-2)11-9-13)26-17-18(23)25-20-21(17)14-6-4-3-5-7-14/h3-12H,1-2H3,(H-,19,20,22,23). The molecule has 1 unspecified atom stereocenters. The quantitative estimate of drug-likeness (QED) is 0.527. The van der Waals surface area contributed by atoms with Crippen LogP contribution in [0.5, 0.6) is 11.7 Å². The topological polar surface area (TPSA) is 91.3 Å². The molecular formula is C18H17N3O4S. The number of amides is 1. The number of carbonyl (C=O) groups excluding carboxylic acids is 1. The highest BCUT2D eigenvalue weighted by atomic mass is 32.2. The van der Waals surface area contributed by atoms with Gasteiger partial charge in [-0.05, 0) is 47.6 Å². The Morgan fingerprint density at radius 2 is 1.92 bits per heavy atom. The monoisotopic (exact) mass is 371 g/mol. The van der Waals surface area contributed by atoms with Crippen molar-refractivity contribution in [3.8, 4) is 17.4 Å². The van der Waals surface area contributed by atoms with Crippen molar-refractivity contribution in [1.82, 2.24) is 5.27 Å². The molecule has 7 nitrogen and oxygen atoms in total. The van der Waals surface area contributed by atoms with Crippen LogP contribution in [0.15, 0.2) is 64.1 Å². The van der Waals surface area contributed by atoms with Gasteiger partial charge in [0.15, 0.2) is 5.95 Å². The van der Waals surface area contributed by atoms with Crippen LogP contribution in [-0.2, 0) is 4.79 Å². The molecule has 1 N–H and O–H groups in total. The van der Waals surface area contributed by atoms with Crippen molar-refractivity contribution in [3.63, 3.8) is 0 Å². The van der Waals surface area contributed by atoms with Gasteiger partial charge >= 0.3 is 0 Å². The van der Waals surface area contributed by atoms with Crippen LogP contribution in [0.3, 0.4) is 0 Å². The Bertz CT molecular complexity index is 881. The van der Waals surface area contributed by atoms with Crippen LogP contribution < -0.4 is 19.8 Å².